The Morgan fingerprint density at radius 3 is 1.29 bits per heavy atom. The van der Waals surface area contributed by atoms with Crippen molar-refractivity contribution >= 4 is 0 Å². The highest BCUT2D eigenvalue weighted by molar-refractivity contribution is 4.90. The number of hydrogen-bond acceptors (Lipinski definition) is 4. The highest BCUT2D eigenvalue weighted by atomic mass is 15.0. The van der Waals surface area contributed by atoms with Crippen LogP contribution in [-0.2, 0) is 0 Å². The molecule has 0 bridgehead atoms. The molecule has 48 heavy (non-hydrogen) atoms. The minimum Gasteiger partial charge on any atom is -0.312 e. The van der Waals surface area contributed by atoms with Gasteiger partial charge in [-0.25, -0.2) is 0 Å². The minimum absolute atomic E-state index is 0.667. The first kappa shape index (κ1) is 40.6. The van der Waals surface area contributed by atoms with Gasteiger partial charge in [-0.1, -0.05) is 41.5 Å². The van der Waals surface area contributed by atoms with E-state index in [1.54, 1.807) is 0 Å². The molecule has 4 heteroatoms. The molecule has 282 valence electrons. The summed E-state index contributed by atoms with van der Waals surface area (Å²) in [4.78, 5) is 0. The standard InChI is InChI=1S/C44H86N4/c1-9-33(7)45-41-19-13-35(14-20-41)29-36-15-21-42(22-16-36)47-39(11-3)23-24-40(12-4)48-44-26-18-38(28-32(44)6)30-37-17-25-43(31(5)27-37)46-34(8)10-2/h31-48H,9-30H2,1-8H3. The number of hydrogen-bond donors (Lipinski definition) is 4. The van der Waals surface area contributed by atoms with Crippen LogP contribution in [0.4, 0.5) is 0 Å². The van der Waals surface area contributed by atoms with E-state index in [9.17, 15) is 0 Å². The zero-order valence-electron chi connectivity index (χ0n) is 33.6. The van der Waals surface area contributed by atoms with Crippen LogP contribution in [0.2, 0.25) is 0 Å². The molecule has 0 spiro atoms. The molecule has 0 radical (unpaired) electrons. The van der Waals surface area contributed by atoms with Crippen LogP contribution in [0.25, 0.3) is 0 Å². The van der Waals surface area contributed by atoms with Crippen LogP contribution in [0, 0.1) is 35.5 Å². The van der Waals surface area contributed by atoms with Gasteiger partial charge in [0.2, 0.25) is 0 Å². The van der Waals surface area contributed by atoms with E-state index in [-0.39, 0.29) is 0 Å². The Labute approximate surface area is 301 Å². The lowest BCUT2D eigenvalue weighted by Gasteiger charge is -2.41. The van der Waals surface area contributed by atoms with Crippen molar-refractivity contribution in [3.8, 4) is 0 Å². The fourth-order valence-corrected chi connectivity index (χ4v) is 10.9. The van der Waals surface area contributed by atoms with Crippen LogP contribution in [0.3, 0.4) is 0 Å². The van der Waals surface area contributed by atoms with E-state index in [1.165, 1.54) is 141 Å². The van der Waals surface area contributed by atoms with Gasteiger partial charge in [0, 0.05) is 48.3 Å². The largest absolute Gasteiger partial charge is 0.312 e. The molecule has 10 unspecified atom stereocenters. The van der Waals surface area contributed by atoms with Crippen molar-refractivity contribution in [1.82, 2.24) is 21.3 Å². The van der Waals surface area contributed by atoms with E-state index in [2.05, 4.69) is 76.7 Å². The molecule has 10 atom stereocenters. The monoisotopic (exact) mass is 671 g/mol. The van der Waals surface area contributed by atoms with Gasteiger partial charge in [0.25, 0.3) is 0 Å². The molecule has 4 saturated carbocycles. The summed E-state index contributed by atoms with van der Waals surface area (Å²) in [6, 6.07) is 5.77. The van der Waals surface area contributed by atoms with Crippen molar-refractivity contribution in [2.45, 2.75) is 245 Å². The summed E-state index contributed by atoms with van der Waals surface area (Å²) in [7, 11) is 0. The van der Waals surface area contributed by atoms with Gasteiger partial charge in [0.15, 0.2) is 0 Å². The van der Waals surface area contributed by atoms with Gasteiger partial charge in [-0.15, -0.1) is 0 Å². The molecular weight excluding hydrogens is 585 g/mol. The smallest absolute Gasteiger partial charge is 0.00954 e. The van der Waals surface area contributed by atoms with Gasteiger partial charge in [0.1, 0.15) is 0 Å². The average molecular weight is 671 g/mol. The molecule has 0 aliphatic heterocycles. The Bertz CT molecular complexity index is 832. The summed E-state index contributed by atoms with van der Waals surface area (Å²) in [6.07, 6.45) is 30.9. The third kappa shape index (κ3) is 13.4. The zero-order chi connectivity index (χ0) is 34.5. The molecule has 4 N–H and O–H groups in total. The third-order valence-electron chi connectivity index (χ3n) is 14.6. The lowest BCUT2D eigenvalue weighted by Crippen LogP contribution is -2.46. The van der Waals surface area contributed by atoms with E-state index in [0.29, 0.717) is 24.2 Å². The topological polar surface area (TPSA) is 48.1 Å². The lowest BCUT2D eigenvalue weighted by atomic mass is 9.70. The van der Waals surface area contributed by atoms with Gasteiger partial charge >= 0.3 is 0 Å². The predicted octanol–water partition coefficient (Wildman–Crippen LogP) is 10.8. The molecule has 0 saturated heterocycles. The highest BCUT2D eigenvalue weighted by Gasteiger charge is 2.34. The molecule has 0 amide bonds. The average Bonchev–Trinajstić information content (AvgIpc) is 3.09. The molecule has 4 nitrogen and oxygen atoms in total. The number of nitrogens with one attached hydrogen (secondary N) is 4. The van der Waals surface area contributed by atoms with Crippen molar-refractivity contribution < 1.29 is 0 Å². The Balaban J connectivity index is 1.09. The highest BCUT2D eigenvalue weighted by Crippen LogP contribution is 2.40. The second kappa shape index (κ2) is 21.4. The fraction of sp³-hybridized carbons (Fsp3) is 1.00. The molecule has 0 aromatic rings. The van der Waals surface area contributed by atoms with Crippen LogP contribution in [0.15, 0.2) is 0 Å². The SMILES string of the molecule is CCC(C)NC1CCC(CC2CCC(NC(CC)CCC(CC)NC3CCC(CC4CCC(NC(C)CC)C(C)C4)CC3C)CC2)CC1. The number of rotatable bonds is 19. The predicted molar refractivity (Wildman–Crippen MR) is 211 cm³/mol. The maximum absolute atomic E-state index is 4.22. The summed E-state index contributed by atoms with van der Waals surface area (Å²) < 4.78 is 0. The second-order valence-electron chi connectivity index (χ2n) is 18.5. The lowest BCUT2D eigenvalue weighted by molar-refractivity contribution is 0.140. The first-order valence-electron chi connectivity index (χ1n) is 22.2. The van der Waals surface area contributed by atoms with Gasteiger partial charge < -0.3 is 21.3 Å². The molecule has 4 rings (SSSR count). The zero-order valence-corrected chi connectivity index (χ0v) is 33.6. The summed E-state index contributed by atoms with van der Waals surface area (Å²) >= 11 is 0. The van der Waals surface area contributed by atoms with Gasteiger partial charge in [0.05, 0.1) is 0 Å². The van der Waals surface area contributed by atoms with Crippen LogP contribution in [0.5, 0.6) is 0 Å². The van der Waals surface area contributed by atoms with E-state index in [1.807, 2.05) is 0 Å². The van der Waals surface area contributed by atoms with E-state index >= 15 is 0 Å². The molecule has 4 fully saturated rings. The molecule has 4 aliphatic rings. The minimum atomic E-state index is 0.667. The summed E-state index contributed by atoms with van der Waals surface area (Å²) in [5.74, 6) is 5.59. The summed E-state index contributed by atoms with van der Waals surface area (Å²) in [5, 5.41) is 16.2. The summed E-state index contributed by atoms with van der Waals surface area (Å²) in [5.41, 5.74) is 0. The molecule has 4 aliphatic carbocycles. The Kier molecular flexibility index (Phi) is 18.1. The van der Waals surface area contributed by atoms with Crippen molar-refractivity contribution in [3.05, 3.63) is 0 Å². The normalized spacial score (nSPS) is 37.5. The first-order chi connectivity index (χ1) is 23.2. The molecule has 0 heterocycles. The Morgan fingerprint density at radius 1 is 0.438 bits per heavy atom. The second-order valence-corrected chi connectivity index (χ2v) is 18.5. The summed E-state index contributed by atoms with van der Waals surface area (Å²) in [6.45, 7) is 19.3. The Morgan fingerprint density at radius 2 is 0.833 bits per heavy atom. The first-order valence-corrected chi connectivity index (χ1v) is 22.2. The van der Waals surface area contributed by atoms with Crippen LogP contribution in [-0.4, -0.2) is 48.3 Å². The van der Waals surface area contributed by atoms with E-state index < -0.39 is 0 Å². The van der Waals surface area contributed by atoms with Crippen LogP contribution < -0.4 is 21.3 Å². The maximum atomic E-state index is 4.22. The van der Waals surface area contributed by atoms with Gasteiger partial charge in [-0.3, -0.25) is 0 Å². The third-order valence-corrected chi connectivity index (χ3v) is 14.6. The molecule has 0 aromatic heterocycles. The van der Waals surface area contributed by atoms with Crippen LogP contribution >= 0.6 is 0 Å². The van der Waals surface area contributed by atoms with Crippen molar-refractivity contribution in [3.63, 3.8) is 0 Å². The van der Waals surface area contributed by atoms with Crippen molar-refractivity contribution in [1.29, 1.82) is 0 Å². The fourth-order valence-electron chi connectivity index (χ4n) is 10.9. The molecular formula is C44H86N4. The van der Waals surface area contributed by atoms with Gasteiger partial charge in [-0.2, -0.15) is 0 Å². The van der Waals surface area contributed by atoms with Crippen LogP contribution in [0.1, 0.15) is 197 Å². The van der Waals surface area contributed by atoms with Gasteiger partial charge in [-0.05, 0) is 191 Å². The molecule has 0 aromatic carbocycles. The van der Waals surface area contributed by atoms with E-state index in [4.69, 9.17) is 0 Å². The maximum Gasteiger partial charge on any atom is 0.00954 e. The van der Waals surface area contributed by atoms with Crippen molar-refractivity contribution in [2.75, 3.05) is 0 Å². The quantitative estimate of drug-likeness (QED) is 0.110. The Hall–Kier alpha value is -0.160. The van der Waals surface area contributed by atoms with Crippen molar-refractivity contribution in [2.24, 2.45) is 35.5 Å². The van der Waals surface area contributed by atoms with E-state index in [0.717, 1.165) is 59.7 Å².